The Morgan fingerprint density at radius 1 is 1.14 bits per heavy atom. The lowest BCUT2D eigenvalue weighted by molar-refractivity contribution is 0.287. The van der Waals surface area contributed by atoms with Crippen LogP contribution >= 0.6 is 0 Å². The summed E-state index contributed by atoms with van der Waals surface area (Å²) in [5, 5.41) is 4.24. The van der Waals surface area contributed by atoms with Crippen LogP contribution in [-0.2, 0) is 13.7 Å². The summed E-state index contributed by atoms with van der Waals surface area (Å²) in [4.78, 5) is 16.1. The standard InChI is InChI=1S/C15H14N4O2/c1-18-10-7-12(17-18)11-21-15-13(5-4-8-16-15)19-9-3-2-6-14(19)20/h2-10H,11H2,1H3. The quantitative estimate of drug-likeness (QED) is 0.728. The molecule has 0 saturated heterocycles. The Balaban J connectivity index is 1.90. The van der Waals surface area contributed by atoms with Crippen LogP contribution in [0.5, 0.6) is 5.88 Å². The van der Waals surface area contributed by atoms with E-state index >= 15 is 0 Å². The molecule has 0 N–H and O–H groups in total. The van der Waals surface area contributed by atoms with Crippen molar-refractivity contribution in [1.29, 1.82) is 0 Å². The lowest BCUT2D eigenvalue weighted by Gasteiger charge is -2.10. The first-order valence-corrected chi connectivity index (χ1v) is 6.48. The molecule has 0 unspecified atom stereocenters. The van der Waals surface area contributed by atoms with Gasteiger partial charge in [0.25, 0.3) is 5.56 Å². The Bertz CT molecular complexity index is 807. The molecular formula is C15H14N4O2. The Hall–Kier alpha value is -2.89. The Morgan fingerprint density at radius 3 is 2.81 bits per heavy atom. The number of rotatable bonds is 4. The fourth-order valence-corrected chi connectivity index (χ4v) is 1.99. The number of ether oxygens (including phenoxy) is 1. The molecule has 0 fully saturated rings. The van der Waals surface area contributed by atoms with Crippen LogP contribution in [0.15, 0.2) is 59.8 Å². The summed E-state index contributed by atoms with van der Waals surface area (Å²) in [6, 6.07) is 10.4. The van der Waals surface area contributed by atoms with Crippen molar-refractivity contribution in [2.24, 2.45) is 7.05 Å². The van der Waals surface area contributed by atoms with Crippen LogP contribution < -0.4 is 10.3 Å². The molecule has 0 aliphatic heterocycles. The zero-order valence-corrected chi connectivity index (χ0v) is 11.5. The Labute approximate surface area is 121 Å². The van der Waals surface area contributed by atoms with E-state index in [1.54, 1.807) is 41.3 Å². The van der Waals surface area contributed by atoms with Gasteiger partial charge in [-0.2, -0.15) is 5.10 Å². The van der Waals surface area contributed by atoms with E-state index in [9.17, 15) is 4.79 Å². The molecule has 3 rings (SSSR count). The van der Waals surface area contributed by atoms with Gasteiger partial charge in [-0.3, -0.25) is 14.0 Å². The molecule has 21 heavy (non-hydrogen) atoms. The minimum atomic E-state index is -0.131. The van der Waals surface area contributed by atoms with Gasteiger partial charge in [-0.15, -0.1) is 0 Å². The molecule has 0 amide bonds. The van der Waals surface area contributed by atoms with Gasteiger partial charge in [0, 0.05) is 31.7 Å². The fourth-order valence-electron chi connectivity index (χ4n) is 1.99. The van der Waals surface area contributed by atoms with Crippen molar-refractivity contribution in [2.45, 2.75) is 6.61 Å². The van der Waals surface area contributed by atoms with Crippen molar-refractivity contribution in [2.75, 3.05) is 0 Å². The van der Waals surface area contributed by atoms with Crippen LogP contribution in [0.1, 0.15) is 5.69 Å². The zero-order chi connectivity index (χ0) is 14.7. The van der Waals surface area contributed by atoms with Gasteiger partial charge in [0.1, 0.15) is 12.3 Å². The summed E-state index contributed by atoms with van der Waals surface area (Å²) in [7, 11) is 1.85. The molecule has 3 aromatic heterocycles. The van der Waals surface area contributed by atoms with Gasteiger partial charge >= 0.3 is 0 Å². The maximum absolute atomic E-state index is 11.9. The maximum Gasteiger partial charge on any atom is 0.255 e. The van der Waals surface area contributed by atoms with E-state index in [4.69, 9.17) is 4.74 Å². The average molecular weight is 282 g/mol. The number of hydrogen-bond donors (Lipinski definition) is 0. The molecule has 0 spiro atoms. The first kappa shape index (κ1) is 13.1. The van der Waals surface area contributed by atoms with Crippen molar-refractivity contribution in [3.8, 4) is 11.6 Å². The van der Waals surface area contributed by atoms with E-state index in [-0.39, 0.29) is 5.56 Å². The number of pyridine rings is 2. The largest absolute Gasteiger partial charge is 0.470 e. The molecule has 3 heterocycles. The van der Waals surface area contributed by atoms with Gasteiger partial charge in [0.2, 0.25) is 5.88 Å². The smallest absolute Gasteiger partial charge is 0.255 e. The summed E-state index contributed by atoms with van der Waals surface area (Å²) in [6.07, 6.45) is 5.16. The third kappa shape index (κ3) is 2.84. The minimum Gasteiger partial charge on any atom is -0.470 e. The molecule has 0 aliphatic carbocycles. The van der Waals surface area contributed by atoms with Gasteiger partial charge in [0.05, 0.1) is 5.69 Å². The second-order valence-electron chi connectivity index (χ2n) is 4.51. The van der Waals surface area contributed by atoms with Crippen LogP contribution in [0, 0.1) is 0 Å². The lowest BCUT2D eigenvalue weighted by Crippen LogP contribution is -2.17. The molecular weight excluding hydrogens is 268 g/mol. The minimum absolute atomic E-state index is 0.131. The van der Waals surface area contributed by atoms with E-state index in [2.05, 4.69) is 10.1 Å². The highest BCUT2D eigenvalue weighted by Gasteiger charge is 2.09. The van der Waals surface area contributed by atoms with Crippen LogP contribution in [0.3, 0.4) is 0 Å². The average Bonchev–Trinajstić information content (AvgIpc) is 2.92. The molecule has 106 valence electrons. The van der Waals surface area contributed by atoms with Gasteiger partial charge in [-0.1, -0.05) is 6.07 Å². The van der Waals surface area contributed by atoms with Crippen LogP contribution in [0.2, 0.25) is 0 Å². The van der Waals surface area contributed by atoms with E-state index < -0.39 is 0 Å². The maximum atomic E-state index is 11.9. The van der Waals surface area contributed by atoms with Gasteiger partial charge < -0.3 is 4.74 Å². The summed E-state index contributed by atoms with van der Waals surface area (Å²) in [5.74, 6) is 0.399. The first-order valence-electron chi connectivity index (χ1n) is 6.48. The number of aryl methyl sites for hydroxylation is 1. The van der Waals surface area contributed by atoms with Crippen molar-refractivity contribution in [3.63, 3.8) is 0 Å². The highest BCUT2D eigenvalue weighted by atomic mass is 16.5. The molecule has 6 nitrogen and oxygen atoms in total. The molecule has 0 saturated carbocycles. The monoisotopic (exact) mass is 282 g/mol. The second-order valence-corrected chi connectivity index (χ2v) is 4.51. The second kappa shape index (κ2) is 5.62. The Kier molecular flexibility index (Phi) is 3.51. The van der Waals surface area contributed by atoms with Gasteiger partial charge in [-0.05, 0) is 24.3 Å². The Morgan fingerprint density at radius 2 is 2.05 bits per heavy atom. The van der Waals surface area contributed by atoms with E-state index in [1.165, 1.54) is 10.6 Å². The van der Waals surface area contributed by atoms with Crippen molar-refractivity contribution >= 4 is 0 Å². The number of aromatic nitrogens is 4. The molecule has 0 bridgehead atoms. The summed E-state index contributed by atoms with van der Waals surface area (Å²) < 4.78 is 8.91. The van der Waals surface area contributed by atoms with E-state index in [0.717, 1.165) is 5.69 Å². The van der Waals surface area contributed by atoms with Gasteiger partial charge in [0.15, 0.2) is 0 Å². The molecule has 0 aliphatic rings. The van der Waals surface area contributed by atoms with Crippen LogP contribution in [0.4, 0.5) is 0 Å². The van der Waals surface area contributed by atoms with Crippen molar-refractivity contribution in [3.05, 3.63) is 71.0 Å². The predicted molar refractivity (Wildman–Crippen MR) is 77.4 cm³/mol. The number of hydrogen-bond acceptors (Lipinski definition) is 4. The van der Waals surface area contributed by atoms with E-state index in [0.29, 0.717) is 18.2 Å². The summed E-state index contributed by atoms with van der Waals surface area (Å²) in [5.41, 5.74) is 1.28. The molecule has 6 heteroatoms. The lowest BCUT2D eigenvalue weighted by atomic mass is 10.3. The highest BCUT2D eigenvalue weighted by Crippen LogP contribution is 2.18. The van der Waals surface area contributed by atoms with Gasteiger partial charge in [-0.25, -0.2) is 4.98 Å². The molecule has 0 radical (unpaired) electrons. The molecule has 0 atom stereocenters. The van der Waals surface area contributed by atoms with Crippen LogP contribution in [-0.4, -0.2) is 19.3 Å². The summed E-state index contributed by atoms with van der Waals surface area (Å²) in [6.45, 7) is 0.298. The highest BCUT2D eigenvalue weighted by molar-refractivity contribution is 5.41. The van der Waals surface area contributed by atoms with Crippen molar-refractivity contribution < 1.29 is 4.74 Å². The fraction of sp³-hybridized carbons (Fsp3) is 0.133. The topological polar surface area (TPSA) is 61.9 Å². The van der Waals surface area contributed by atoms with Crippen LogP contribution in [0.25, 0.3) is 5.69 Å². The first-order chi connectivity index (χ1) is 10.2. The molecule has 3 aromatic rings. The third-order valence-electron chi connectivity index (χ3n) is 2.96. The zero-order valence-electron chi connectivity index (χ0n) is 11.5. The number of nitrogens with zero attached hydrogens (tertiary/aromatic N) is 4. The SMILES string of the molecule is Cn1ccc(COc2ncccc2-n2ccccc2=O)n1. The summed E-state index contributed by atoms with van der Waals surface area (Å²) >= 11 is 0. The normalized spacial score (nSPS) is 10.5. The molecule has 0 aromatic carbocycles. The predicted octanol–water partition coefficient (Wildman–Crippen LogP) is 1.54. The third-order valence-corrected chi connectivity index (χ3v) is 2.96. The van der Waals surface area contributed by atoms with Crippen molar-refractivity contribution in [1.82, 2.24) is 19.3 Å². The van der Waals surface area contributed by atoms with E-state index in [1.807, 2.05) is 19.3 Å².